The first kappa shape index (κ1) is 32.2. The van der Waals surface area contributed by atoms with Crippen LogP contribution in [-0.4, -0.2) is 46.0 Å². The average molecular weight is 621 g/mol. The van der Waals surface area contributed by atoms with E-state index in [1.165, 1.54) is 0 Å². The lowest BCUT2D eigenvalue weighted by Gasteiger charge is -2.11. The summed E-state index contributed by atoms with van der Waals surface area (Å²) in [5, 5.41) is 40.1. The number of amidine groups is 1. The van der Waals surface area contributed by atoms with Crippen LogP contribution >= 0.6 is 23.2 Å². The Bertz CT molecular complexity index is 1510. The predicted octanol–water partition coefficient (Wildman–Crippen LogP) is 4.59. The fraction of sp³-hybridized carbons (Fsp3) is 0.364. The minimum Gasteiger partial charge on any atom is -0.504 e. The molecular formula is C22H27Cl2N7O6S2. The normalized spacial score (nSPS) is 12.5. The maximum atomic E-state index is 12.5. The first-order chi connectivity index (χ1) is 18.4. The monoisotopic (exact) mass is 619 g/mol. The van der Waals surface area contributed by atoms with Crippen molar-refractivity contribution in [3.63, 3.8) is 0 Å². The van der Waals surface area contributed by atoms with Crippen LogP contribution in [0.3, 0.4) is 0 Å². The van der Waals surface area contributed by atoms with Crippen LogP contribution in [-0.2, 0) is 20.0 Å². The lowest BCUT2D eigenvalue weighted by Crippen LogP contribution is -2.24. The van der Waals surface area contributed by atoms with E-state index in [1.807, 2.05) is 13.8 Å². The highest BCUT2D eigenvalue weighted by atomic mass is 35.5. The van der Waals surface area contributed by atoms with Crippen molar-refractivity contribution < 1.29 is 27.0 Å². The van der Waals surface area contributed by atoms with Crippen molar-refractivity contribution in [2.24, 2.45) is 15.3 Å². The van der Waals surface area contributed by atoms with E-state index in [2.05, 4.69) is 30.2 Å². The molecule has 0 saturated heterocycles. The summed E-state index contributed by atoms with van der Waals surface area (Å²) in [7, 11) is -7.92. The lowest BCUT2D eigenvalue weighted by molar-refractivity contribution is 0.476. The molecule has 2 aromatic rings. The van der Waals surface area contributed by atoms with E-state index in [-0.39, 0.29) is 44.3 Å². The molecular weight excluding hydrogens is 593 g/mol. The number of phenols is 2. The molecule has 212 valence electrons. The molecule has 0 aromatic heterocycles. The molecule has 0 aliphatic rings. The first-order valence-corrected chi connectivity index (χ1v) is 15.3. The summed E-state index contributed by atoms with van der Waals surface area (Å²) in [4.78, 5) is -0.543. The number of sulfonamides is 2. The minimum absolute atomic E-state index is 0.194. The number of anilines is 1. The minimum atomic E-state index is -3.97. The Morgan fingerprint density at radius 2 is 1.41 bits per heavy atom. The number of hydrazone groups is 1. The van der Waals surface area contributed by atoms with Gasteiger partial charge >= 0.3 is 0 Å². The van der Waals surface area contributed by atoms with Crippen LogP contribution in [0.1, 0.15) is 39.5 Å². The second kappa shape index (κ2) is 14.4. The molecule has 39 heavy (non-hydrogen) atoms. The van der Waals surface area contributed by atoms with Crippen LogP contribution in [0.15, 0.2) is 49.4 Å². The zero-order valence-electron chi connectivity index (χ0n) is 20.9. The van der Waals surface area contributed by atoms with Gasteiger partial charge in [0.05, 0.1) is 19.8 Å². The van der Waals surface area contributed by atoms with Gasteiger partial charge in [0.2, 0.25) is 20.0 Å². The number of nitriles is 1. The Hall–Kier alpha value is -3.00. The van der Waals surface area contributed by atoms with Crippen LogP contribution in [0.2, 0.25) is 10.0 Å². The number of aromatic hydroxyl groups is 2. The summed E-state index contributed by atoms with van der Waals surface area (Å²) in [6.07, 6.45) is 2.76. The number of azo groups is 1. The molecule has 0 bridgehead atoms. The molecule has 2 aromatic carbocycles. The molecule has 0 radical (unpaired) electrons. The van der Waals surface area contributed by atoms with E-state index in [0.717, 1.165) is 37.1 Å². The van der Waals surface area contributed by atoms with E-state index in [0.29, 0.717) is 12.8 Å². The summed E-state index contributed by atoms with van der Waals surface area (Å²) in [5.74, 6) is -1.76. The smallest absolute Gasteiger partial charge is 0.270 e. The number of benzene rings is 2. The van der Waals surface area contributed by atoms with Crippen molar-refractivity contribution in [2.45, 2.75) is 49.3 Å². The number of hydrogen-bond donors (Lipinski definition) is 5. The molecule has 5 N–H and O–H groups in total. The highest BCUT2D eigenvalue weighted by Crippen LogP contribution is 2.37. The van der Waals surface area contributed by atoms with Crippen LogP contribution < -0.4 is 14.9 Å². The largest absolute Gasteiger partial charge is 0.504 e. The van der Waals surface area contributed by atoms with Crippen molar-refractivity contribution >= 4 is 60.5 Å². The molecule has 0 fully saturated rings. The Morgan fingerprint density at radius 1 is 0.897 bits per heavy atom. The quantitative estimate of drug-likeness (QED) is 0.0533. The van der Waals surface area contributed by atoms with Crippen molar-refractivity contribution in [1.29, 1.82) is 5.26 Å². The molecule has 0 saturated carbocycles. The third-order valence-electron chi connectivity index (χ3n) is 4.95. The molecule has 0 unspecified atom stereocenters. The highest BCUT2D eigenvalue weighted by molar-refractivity contribution is 7.89. The third-order valence-corrected chi connectivity index (χ3v) is 8.41. The van der Waals surface area contributed by atoms with Gasteiger partial charge in [-0.25, -0.2) is 26.3 Å². The molecule has 0 atom stereocenters. The Labute approximate surface area is 236 Å². The molecule has 17 heteroatoms. The van der Waals surface area contributed by atoms with E-state index in [9.17, 15) is 32.3 Å². The van der Waals surface area contributed by atoms with E-state index < -0.39 is 37.4 Å². The zero-order chi connectivity index (χ0) is 29.2. The fourth-order valence-corrected chi connectivity index (χ4v) is 5.63. The SMILES string of the molecule is CCCCNS(=O)(=O)c1cc(Cl)c(O)c(/N=N/C(C#N)=N/Nc2cc(S(=O)(=O)NCCCC)cc(Cl)c2O)c1. The standard InChI is InChI=1S/C22H27Cl2N7O6S2/c1-3-5-7-26-38(34,35)14-9-16(23)21(32)18(11-14)28-30-20(13-25)31-29-19-12-15(10-17(24)22(19)33)39(36,37)27-8-6-4-2/h9-12,26-28,32-33H,3-8H2,1-2H3/b30-20+,31-29+. The molecule has 0 spiro atoms. The summed E-state index contributed by atoms with van der Waals surface area (Å²) in [6.45, 7) is 4.19. The van der Waals surface area contributed by atoms with Gasteiger partial charge < -0.3 is 10.2 Å². The van der Waals surface area contributed by atoms with Gasteiger partial charge in [0.15, 0.2) is 11.5 Å². The number of hydrogen-bond acceptors (Lipinski definition) is 10. The number of phenolic OH excluding ortho intramolecular Hbond substituents is 2. The van der Waals surface area contributed by atoms with Crippen molar-refractivity contribution in [1.82, 2.24) is 9.44 Å². The summed E-state index contributed by atoms with van der Waals surface area (Å²) >= 11 is 11.9. The Kier molecular flexibility index (Phi) is 11.9. The second-order valence-electron chi connectivity index (χ2n) is 7.94. The van der Waals surface area contributed by atoms with Crippen LogP contribution in [0.5, 0.6) is 11.5 Å². The van der Waals surface area contributed by atoms with Crippen LogP contribution in [0, 0.1) is 11.3 Å². The number of rotatable bonds is 13. The molecule has 0 heterocycles. The molecule has 0 aliphatic carbocycles. The number of nitrogens with one attached hydrogen (secondary N) is 3. The second-order valence-corrected chi connectivity index (χ2v) is 12.3. The first-order valence-electron chi connectivity index (χ1n) is 11.6. The van der Waals surface area contributed by atoms with E-state index in [4.69, 9.17) is 23.2 Å². The number of nitrogens with zero attached hydrogens (tertiary/aromatic N) is 4. The van der Waals surface area contributed by atoms with E-state index in [1.54, 1.807) is 6.07 Å². The maximum Gasteiger partial charge on any atom is 0.270 e. The average Bonchev–Trinajstić information content (AvgIpc) is 2.88. The van der Waals surface area contributed by atoms with Gasteiger partial charge in [-0.05, 0) is 37.1 Å². The summed E-state index contributed by atoms with van der Waals surface area (Å²) in [6, 6.07) is 5.75. The lowest BCUT2D eigenvalue weighted by atomic mass is 10.3. The Morgan fingerprint density at radius 3 is 1.92 bits per heavy atom. The van der Waals surface area contributed by atoms with Gasteiger partial charge in [-0.2, -0.15) is 5.26 Å². The molecule has 0 aliphatic heterocycles. The molecule has 0 amide bonds. The maximum absolute atomic E-state index is 12.5. The van der Waals surface area contributed by atoms with E-state index >= 15 is 0 Å². The molecule has 2 rings (SSSR count). The fourth-order valence-electron chi connectivity index (χ4n) is 2.82. The molecule has 13 nitrogen and oxygen atoms in total. The van der Waals surface area contributed by atoms with Gasteiger partial charge in [-0.3, -0.25) is 5.43 Å². The van der Waals surface area contributed by atoms with Crippen LogP contribution in [0.4, 0.5) is 11.4 Å². The van der Waals surface area contributed by atoms with Gasteiger partial charge in [-0.1, -0.05) is 49.9 Å². The predicted molar refractivity (Wildman–Crippen MR) is 148 cm³/mol. The van der Waals surface area contributed by atoms with Crippen molar-refractivity contribution in [2.75, 3.05) is 18.5 Å². The zero-order valence-corrected chi connectivity index (χ0v) is 24.1. The summed E-state index contributed by atoms with van der Waals surface area (Å²) < 4.78 is 54.9. The topological polar surface area (TPSA) is 206 Å². The van der Waals surface area contributed by atoms with Crippen molar-refractivity contribution in [3.05, 3.63) is 34.3 Å². The van der Waals surface area contributed by atoms with Gasteiger partial charge in [0.25, 0.3) is 5.84 Å². The number of halogens is 2. The van der Waals surface area contributed by atoms with Gasteiger partial charge in [-0.15, -0.1) is 15.3 Å². The van der Waals surface area contributed by atoms with Gasteiger partial charge in [0, 0.05) is 13.1 Å². The van der Waals surface area contributed by atoms with Gasteiger partial charge in [0.1, 0.15) is 17.4 Å². The third kappa shape index (κ3) is 9.02. The Balaban J connectivity index is 2.35. The van der Waals surface area contributed by atoms with Crippen molar-refractivity contribution in [3.8, 4) is 17.6 Å². The summed E-state index contributed by atoms with van der Waals surface area (Å²) in [5.41, 5.74) is 1.69. The van der Waals surface area contributed by atoms with Crippen LogP contribution in [0.25, 0.3) is 0 Å². The highest BCUT2D eigenvalue weighted by Gasteiger charge is 2.20. The number of unbranched alkanes of at least 4 members (excludes halogenated alkanes) is 2.